The van der Waals surface area contributed by atoms with Gasteiger partial charge in [-0.2, -0.15) is 0 Å². The van der Waals surface area contributed by atoms with Crippen LogP contribution >= 0.6 is 15.9 Å². The highest BCUT2D eigenvalue weighted by Crippen LogP contribution is 2.08. The van der Waals surface area contributed by atoms with Crippen LogP contribution in [0.15, 0.2) is 0 Å². The average molecular weight is 293 g/mol. The van der Waals surface area contributed by atoms with Crippen LogP contribution in [0.4, 0.5) is 0 Å². The number of hydrogen-bond donors (Lipinski definition) is 1. The highest BCUT2D eigenvalue weighted by atomic mass is 79.9. The summed E-state index contributed by atoms with van der Waals surface area (Å²) in [5.74, 6) is 0. The second-order valence-corrected chi connectivity index (χ2v) is 5.68. The first-order valence-electron chi connectivity index (χ1n) is 6.45. The van der Waals surface area contributed by atoms with Crippen molar-refractivity contribution in [2.45, 2.75) is 37.6 Å². The van der Waals surface area contributed by atoms with Crippen LogP contribution < -0.4 is 5.32 Å². The van der Waals surface area contributed by atoms with Crippen LogP contribution in [0.3, 0.4) is 0 Å². The summed E-state index contributed by atoms with van der Waals surface area (Å²) in [6.45, 7) is 10.7. The predicted molar refractivity (Wildman–Crippen MR) is 72.3 cm³/mol. The van der Waals surface area contributed by atoms with Gasteiger partial charge in [0.25, 0.3) is 0 Å². The molecule has 1 saturated heterocycles. The molecule has 1 heterocycles. The molecule has 0 spiro atoms. The van der Waals surface area contributed by atoms with Gasteiger partial charge in [-0.3, -0.25) is 4.90 Å². The Hall–Kier alpha value is 0.360. The number of halogens is 1. The Morgan fingerprint density at radius 2 is 2.31 bits per heavy atom. The van der Waals surface area contributed by atoms with Crippen LogP contribution in [0.5, 0.6) is 0 Å². The number of hydrogen-bond acceptors (Lipinski definition) is 3. The lowest BCUT2D eigenvalue weighted by Crippen LogP contribution is -2.46. The van der Waals surface area contributed by atoms with Crippen molar-refractivity contribution in [2.75, 3.05) is 39.3 Å². The molecule has 0 aromatic rings. The Bertz CT molecular complexity index is 180. The summed E-state index contributed by atoms with van der Waals surface area (Å²) in [6.07, 6.45) is 2.77. The van der Waals surface area contributed by atoms with Crippen LogP contribution in [-0.2, 0) is 4.74 Å². The Kier molecular flexibility index (Phi) is 7.62. The van der Waals surface area contributed by atoms with Crippen molar-refractivity contribution in [3.63, 3.8) is 0 Å². The first-order valence-corrected chi connectivity index (χ1v) is 7.36. The number of nitrogens with zero attached hydrogens (tertiary/aromatic N) is 1. The monoisotopic (exact) mass is 292 g/mol. The lowest BCUT2D eigenvalue weighted by atomic mass is 10.2. The van der Waals surface area contributed by atoms with Crippen molar-refractivity contribution in [1.29, 1.82) is 0 Å². The van der Waals surface area contributed by atoms with E-state index in [1.54, 1.807) is 0 Å². The Morgan fingerprint density at radius 3 is 3.00 bits per heavy atom. The van der Waals surface area contributed by atoms with E-state index in [0.29, 0.717) is 10.9 Å². The van der Waals surface area contributed by atoms with Crippen LogP contribution in [-0.4, -0.2) is 55.2 Å². The molecular formula is C12H25BrN2O. The van der Waals surface area contributed by atoms with Crippen molar-refractivity contribution < 1.29 is 4.74 Å². The number of rotatable bonds is 7. The fourth-order valence-electron chi connectivity index (χ4n) is 1.92. The Morgan fingerprint density at radius 1 is 1.50 bits per heavy atom. The third kappa shape index (κ3) is 5.62. The van der Waals surface area contributed by atoms with Crippen molar-refractivity contribution in [2.24, 2.45) is 0 Å². The molecule has 1 rings (SSSR count). The molecule has 0 aliphatic carbocycles. The zero-order chi connectivity index (χ0) is 11.8. The molecule has 1 fully saturated rings. The van der Waals surface area contributed by atoms with Crippen LogP contribution in [0, 0.1) is 0 Å². The first kappa shape index (κ1) is 14.4. The van der Waals surface area contributed by atoms with Gasteiger partial charge in [0, 0.05) is 24.5 Å². The maximum absolute atomic E-state index is 5.73. The van der Waals surface area contributed by atoms with Crippen LogP contribution in [0.1, 0.15) is 26.7 Å². The first-order chi connectivity index (χ1) is 7.76. The summed E-state index contributed by atoms with van der Waals surface area (Å²) in [6, 6.07) is 0. The van der Waals surface area contributed by atoms with E-state index in [0.717, 1.165) is 39.3 Å². The molecule has 0 bridgehead atoms. The van der Waals surface area contributed by atoms with Gasteiger partial charge in [-0.1, -0.05) is 29.8 Å². The van der Waals surface area contributed by atoms with Gasteiger partial charge in [-0.25, -0.2) is 0 Å². The van der Waals surface area contributed by atoms with Crippen LogP contribution in [0.2, 0.25) is 0 Å². The molecule has 0 aromatic heterocycles. The lowest BCUT2D eigenvalue weighted by molar-refractivity contribution is -0.0251. The van der Waals surface area contributed by atoms with Gasteiger partial charge < -0.3 is 10.1 Å². The molecule has 2 atom stereocenters. The topological polar surface area (TPSA) is 24.5 Å². The molecule has 0 saturated carbocycles. The van der Waals surface area contributed by atoms with Crippen LogP contribution in [0.25, 0.3) is 0 Å². The van der Waals surface area contributed by atoms with E-state index in [-0.39, 0.29) is 0 Å². The van der Waals surface area contributed by atoms with Gasteiger partial charge in [-0.05, 0) is 25.9 Å². The minimum Gasteiger partial charge on any atom is -0.374 e. The SMILES string of the molecule is CCC(Br)CCNCC1CN(CC)CCO1. The second-order valence-electron chi connectivity index (χ2n) is 4.38. The summed E-state index contributed by atoms with van der Waals surface area (Å²) >= 11 is 3.64. The number of alkyl halides is 1. The number of morpholine rings is 1. The molecule has 1 aliphatic rings. The second kappa shape index (κ2) is 8.45. The van der Waals surface area contributed by atoms with E-state index in [4.69, 9.17) is 4.74 Å². The standard InChI is InChI=1S/C12H25BrN2O/c1-3-11(13)5-6-14-9-12-10-15(4-2)7-8-16-12/h11-12,14H,3-10H2,1-2H3. The van der Waals surface area contributed by atoms with E-state index in [1.165, 1.54) is 12.8 Å². The van der Waals surface area contributed by atoms with Gasteiger partial charge in [0.05, 0.1) is 12.7 Å². The third-order valence-electron chi connectivity index (χ3n) is 3.12. The van der Waals surface area contributed by atoms with E-state index in [2.05, 4.69) is 40.0 Å². The van der Waals surface area contributed by atoms with Gasteiger partial charge in [0.15, 0.2) is 0 Å². The van der Waals surface area contributed by atoms with Gasteiger partial charge >= 0.3 is 0 Å². The number of nitrogens with one attached hydrogen (secondary N) is 1. The summed E-state index contributed by atoms with van der Waals surface area (Å²) in [4.78, 5) is 3.11. The van der Waals surface area contributed by atoms with E-state index in [9.17, 15) is 0 Å². The maximum atomic E-state index is 5.73. The average Bonchev–Trinajstić information content (AvgIpc) is 2.34. The smallest absolute Gasteiger partial charge is 0.0826 e. The van der Waals surface area contributed by atoms with Gasteiger partial charge in [0.2, 0.25) is 0 Å². The van der Waals surface area contributed by atoms with Crippen molar-refractivity contribution in [3.8, 4) is 0 Å². The summed E-state index contributed by atoms with van der Waals surface area (Å²) in [7, 11) is 0. The van der Waals surface area contributed by atoms with E-state index < -0.39 is 0 Å². The molecule has 0 amide bonds. The largest absolute Gasteiger partial charge is 0.374 e. The van der Waals surface area contributed by atoms with E-state index in [1.807, 2.05) is 0 Å². The summed E-state index contributed by atoms with van der Waals surface area (Å²) < 4.78 is 5.73. The fourth-order valence-corrected chi connectivity index (χ4v) is 2.15. The third-order valence-corrected chi connectivity index (χ3v) is 4.22. The van der Waals surface area contributed by atoms with Crippen molar-refractivity contribution >= 4 is 15.9 Å². The highest BCUT2D eigenvalue weighted by Gasteiger charge is 2.18. The zero-order valence-corrected chi connectivity index (χ0v) is 12.1. The number of ether oxygens (including phenoxy) is 1. The Labute approximate surface area is 108 Å². The summed E-state index contributed by atoms with van der Waals surface area (Å²) in [5, 5.41) is 3.48. The molecule has 1 N–H and O–H groups in total. The Balaban J connectivity index is 2.04. The minimum atomic E-state index is 0.379. The highest BCUT2D eigenvalue weighted by molar-refractivity contribution is 9.09. The van der Waals surface area contributed by atoms with Gasteiger partial charge in [-0.15, -0.1) is 0 Å². The normalized spacial score (nSPS) is 24.6. The molecule has 0 aromatic carbocycles. The molecule has 16 heavy (non-hydrogen) atoms. The lowest BCUT2D eigenvalue weighted by Gasteiger charge is -2.32. The molecule has 3 nitrogen and oxygen atoms in total. The zero-order valence-electron chi connectivity index (χ0n) is 10.5. The van der Waals surface area contributed by atoms with Crippen molar-refractivity contribution in [3.05, 3.63) is 0 Å². The molecule has 1 aliphatic heterocycles. The minimum absolute atomic E-state index is 0.379. The molecule has 4 heteroatoms. The predicted octanol–water partition coefficient (Wildman–Crippen LogP) is 1.86. The summed E-state index contributed by atoms with van der Waals surface area (Å²) in [5.41, 5.74) is 0. The fraction of sp³-hybridized carbons (Fsp3) is 1.00. The molecular weight excluding hydrogens is 268 g/mol. The molecule has 0 radical (unpaired) electrons. The van der Waals surface area contributed by atoms with Gasteiger partial charge in [0.1, 0.15) is 0 Å². The van der Waals surface area contributed by atoms with Crippen molar-refractivity contribution in [1.82, 2.24) is 10.2 Å². The quantitative estimate of drug-likeness (QED) is 0.573. The molecule has 96 valence electrons. The number of likely N-dealkylation sites (N-methyl/N-ethyl adjacent to an activating group) is 1. The molecule has 2 unspecified atom stereocenters. The maximum Gasteiger partial charge on any atom is 0.0826 e. The van der Waals surface area contributed by atoms with E-state index >= 15 is 0 Å².